The van der Waals surface area contributed by atoms with Gasteiger partial charge in [0.05, 0.1) is 0 Å². The molecule has 0 unspecified atom stereocenters. The van der Waals surface area contributed by atoms with Gasteiger partial charge in [0.25, 0.3) is 0 Å². The zero-order chi connectivity index (χ0) is 13.9. The van der Waals surface area contributed by atoms with E-state index in [1.807, 2.05) is 23.9 Å². The van der Waals surface area contributed by atoms with Crippen LogP contribution >= 0.6 is 23.4 Å². The van der Waals surface area contributed by atoms with Crippen molar-refractivity contribution in [2.75, 3.05) is 32.1 Å². The molecule has 1 aromatic carbocycles. The third-order valence-corrected chi connectivity index (χ3v) is 3.61. The van der Waals surface area contributed by atoms with E-state index in [1.54, 1.807) is 7.05 Å². The summed E-state index contributed by atoms with van der Waals surface area (Å²) in [4.78, 5) is 4.20. The van der Waals surface area contributed by atoms with E-state index in [-0.39, 0.29) is 0 Å². The number of guanidine groups is 1. The molecule has 19 heavy (non-hydrogen) atoms. The molecular formula is C14H22ClN3S. The van der Waals surface area contributed by atoms with E-state index >= 15 is 0 Å². The van der Waals surface area contributed by atoms with Gasteiger partial charge in [-0.25, -0.2) is 0 Å². The standard InChI is InChI=1S/C14H22ClN3S/c1-16-14(17-9-3-11-19-2)18-10-8-12-4-6-13(15)7-5-12/h4-7H,3,8-11H2,1-2H3,(H2,16,17,18). The lowest BCUT2D eigenvalue weighted by molar-refractivity contribution is 0.777. The first kappa shape index (κ1) is 16.2. The molecule has 0 aromatic heterocycles. The normalized spacial score (nSPS) is 11.4. The Labute approximate surface area is 125 Å². The molecule has 1 rings (SSSR count). The van der Waals surface area contributed by atoms with Crippen LogP contribution in [0.3, 0.4) is 0 Å². The van der Waals surface area contributed by atoms with E-state index in [9.17, 15) is 0 Å². The van der Waals surface area contributed by atoms with Crippen LogP contribution in [0.2, 0.25) is 5.02 Å². The van der Waals surface area contributed by atoms with Gasteiger partial charge in [0.1, 0.15) is 0 Å². The lowest BCUT2D eigenvalue weighted by atomic mass is 10.1. The second-order valence-electron chi connectivity index (χ2n) is 4.15. The maximum absolute atomic E-state index is 5.86. The average Bonchev–Trinajstić information content (AvgIpc) is 2.43. The van der Waals surface area contributed by atoms with E-state index < -0.39 is 0 Å². The Bertz CT molecular complexity index is 379. The highest BCUT2D eigenvalue weighted by molar-refractivity contribution is 7.98. The van der Waals surface area contributed by atoms with Gasteiger partial charge in [0.2, 0.25) is 0 Å². The van der Waals surface area contributed by atoms with Crippen LogP contribution in [0.5, 0.6) is 0 Å². The molecule has 0 amide bonds. The van der Waals surface area contributed by atoms with Crippen LogP contribution in [0.15, 0.2) is 29.3 Å². The van der Waals surface area contributed by atoms with Gasteiger partial charge in [-0.1, -0.05) is 23.7 Å². The third kappa shape index (κ3) is 7.33. The van der Waals surface area contributed by atoms with Crippen molar-refractivity contribution in [3.63, 3.8) is 0 Å². The van der Waals surface area contributed by atoms with Crippen molar-refractivity contribution in [1.82, 2.24) is 10.6 Å². The number of rotatable bonds is 7. The first-order chi connectivity index (χ1) is 9.26. The van der Waals surface area contributed by atoms with Crippen molar-refractivity contribution >= 4 is 29.3 Å². The van der Waals surface area contributed by atoms with E-state index in [4.69, 9.17) is 11.6 Å². The number of halogens is 1. The molecule has 5 heteroatoms. The number of aliphatic imine (C=N–C) groups is 1. The van der Waals surface area contributed by atoms with Gasteiger partial charge < -0.3 is 10.6 Å². The van der Waals surface area contributed by atoms with Gasteiger partial charge in [0.15, 0.2) is 5.96 Å². The molecule has 2 N–H and O–H groups in total. The second kappa shape index (κ2) is 9.98. The Morgan fingerprint density at radius 3 is 2.53 bits per heavy atom. The zero-order valence-electron chi connectivity index (χ0n) is 11.6. The van der Waals surface area contributed by atoms with Crippen molar-refractivity contribution in [3.8, 4) is 0 Å². The molecule has 0 aliphatic heterocycles. The summed E-state index contributed by atoms with van der Waals surface area (Å²) in [6.07, 6.45) is 4.24. The first-order valence-electron chi connectivity index (χ1n) is 6.44. The van der Waals surface area contributed by atoms with Crippen molar-refractivity contribution in [1.29, 1.82) is 0 Å². The summed E-state index contributed by atoms with van der Waals surface area (Å²) in [5.74, 6) is 2.05. The van der Waals surface area contributed by atoms with Crippen LogP contribution in [0.25, 0.3) is 0 Å². The summed E-state index contributed by atoms with van der Waals surface area (Å²) < 4.78 is 0. The van der Waals surface area contributed by atoms with Crippen LogP contribution in [-0.2, 0) is 6.42 Å². The molecule has 0 aliphatic carbocycles. The molecule has 0 heterocycles. The van der Waals surface area contributed by atoms with E-state index in [0.717, 1.165) is 36.9 Å². The first-order valence-corrected chi connectivity index (χ1v) is 8.21. The monoisotopic (exact) mass is 299 g/mol. The largest absolute Gasteiger partial charge is 0.356 e. The fourth-order valence-electron chi connectivity index (χ4n) is 1.62. The molecule has 0 spiro atoms. The molecule has 106 valence electrons. The number of benzene rings is 1. The van der Waals surface area contributed by atoms with Crippen LogP contribution in [0, 0.1) is 0 Å². The topological polar surface area (TPSA) is 36.4 Å². The zero-order valence-corrected chi connectivity index (χ0v) is 13.2. The quantitative estimate of drug-likeness (QED) is 0.462. The van der Waals surface area contributed by atoms with E-state index in [0.29, 0.717) is 0 Å². The number of hydrogen-bond acceptors (Lipinski definition) is 2. The van der Waals surface area contributed by atoms with Crippen molar-refractivity contribution < 1.29 is 0 Å². The lowest BCUT2D eigenvalue weighted by Gasteiger charge is -2.11. The lowest BCUT2D eigenvalue weighted by Crippen LogP contribution is -2.38. The van der Waals surface area contributed by atoms with Gasteiger partial charge in [0, 0.05) is 25.2 Å². The molecule has 0 saturated heterocycles. The number of thioether (sulfide) groups is 1. The number of nitrogens with one attached hydrogen (secondary N) is 2. The summed E-state index contributed by atoms with van der Waals surface area (Å²) in [6.45, 7) is 1.82. The highest BCUT2D eigenvalue weighted by atomic mass is 35.5. The molecule has 0 aliphatic rings. The van der Waals surface area contributed by atoms with Crippen molar-refractivity contribution in [2.24, 2.45) is 4.99 Å². The maximum atomic E-state index is 5.86. The highest BCUT2D eigenvalue weighted by Gasteiger charge is 1.97. The van der Waals surface area contributed by atoms with Gasteiger partial charge >= 0.3 is 0 Å². The molecule has 0 radical (unpaired) electrons. The predicted molar refractivity (Wildman–Crippen MR) is 87.5 cm³/mol. The number of hydrogen-bond donors (Lipinski definition) is 2. The van der Waals surface area contributed by atoms with Crippen molar-refractivity contribution in [3.05, 3.63) is 34.9 Å². The van der Waals surface area contributed by atoms with Crippen LogP contribution < -0.4 is 10.6 Å². The molecule has 0 fully saturated rings. The highest BCUT2D eigenvalue weighted by Crippen LogP contribution is 2.09. The molecular weight excluding hydrogens is 278 g/mol. The minimum atomic E-state index is 0.781. The van der Waals surface area contributed by atoms with E-state index in [1.165, 1.54) is 11.3 Å². The molecule has 0 bridgehead atoms. The van der Waals surface area contributed by atoms with E-state index in [2.05, 4.69) is 34.0 Å². The fraction of sp³-hybridized carbons (Fsp3) is 0.500. The summed E-state index contributed by atoms with van der Waals surface area (Å²) in [5.41, 5.74) is 1.27. The Kier molecular flexibility index (Phi) is 8.50. The molecule has 1 aromatic rings. The molecule has 0 saturated carbocycles. The third-order valence-electron chi connectivity index (χ3n) is 2.66. The molecule has 0 atom stereocenters. The minimum absolute atomic E-state index is 0.781. The Morgan fingerprint density at radius 1 is 1.21 bits per heavy atom. The average molecular weight is 300 g/mol. The van der Waals surface area contributed by atoms with Crippen LogP contribution in [0.1, 0.15) is 12.0 Å². The summed E-state index contributed by atoms with van der Waals surface area (Å²) in [6, 6.07) is 7.95. The number of nitrogens with zero attached hydrogens (tertiary/aromatic N) is 1. The van der Waals surface area contributed by atoms with Gasteiger partial charge in [-0.3, -0.25) is 4.99 Å². The Morgan fingerprint density at radius 2 is 1.89 bits per heavy atom. The van der Waals surface area contributed by atoms with Crippen molar-refractivity contribution in [2.45, 2.75) is 12.8 Å². The maximum Gasteiger partial charge on any atom is 0.190 e. The summed E-state index contributed by atoms with van der Waals surface area (Å²) >= 11 is 7.72. The predicted octanol–water partition coefficient (Wildman–Crippen LogP) is 2.80. The smallest absolute Gasteiger partial charge is 0.190 e. The van der Waals surface area contributed by atoms with Gasteiger partial charge in [-0.15, -0.1) is 0 Å². The summed E-state index contributed by atoms with van der Waals surface area (Å²) in [5, 5.41) is 7.39. The van der Waals surface area contributed by atoms with Crippen LogP contribution in [-0.4, -0.2) is 38.1 Å². The van der Waals surface area contributed by atoms with Gasteiger partial charge in [-0.2, -0.15) is 11.8 Å². The summed E-state index contributed by atoms with van der Waals surface area (Å²) in [7, 11) is 1.80. The SMILES string of the molecule is CN=C(NCCCSC)NCCc1ccc(Cl)cc1. The minimum Gasteiger partial charge on any atom is -0.356 e. The second-order valence-corrected chi connectivity index (χ2v) is 5.57. The van der Waals surface area contributed by atoms with Crippen LogP contribution in [0.4, 0.5) is 0 Å². The fourth-order valence-corrected chi connectivity index (χ4v) is 2.18. The van der Waals surface area contributed by atoms with Gasteiger partial charge in [-0.05, 0) is 42.5 Å². The molecule has 3 nitrogen and oxygen atoms in total. The Hall–Kier alpha value is -0.870. The Balaban J connectivity index is 2.20.